The fourth-order valence-electron chi connectivity index (χ4n) is 1.43. The van der Waals surface area contributed by atoms with Gasteiger partial charge in [0.25, 0.3) is 0 Å². The summed E-state index contributed by atoms with van der Waals surface area (Å²) in [5.41, 5.74) is 0.641. The molecule has 0 heterocycles. The van der Waals surface area contributed by atoms with E-state index in [1.165, 1.54) is 5.57 Å². The Labute approximate surface area is 80.2 Å². The Balaban J connectivity index is 2.97. The van der Waals surface area contributed by atoms with E-state index in [0.29, 0.717) is 0 Å². The highest BCUT2D eigenvalue weighted by atomic mass is 16.5. The van der Waals surface area contributed by atoms with Crippen LogP contribution in [-0.2, 0) is 9.47 Å². The van der Waals surface area contributed by atoms with Gasteiger partial charge in [0.05, 0.1) is 0 Å². The molecule has 0 amide bonds. The first-order chi connectivity index (χ1) is 5.96. The summed E-state index contributed by atoms with van der Waals surface area (Å²) in [4.78, 5) is 0. The molecule has 2 nitrogen and oxygen atoms in total. The van der Waals surface area contributed by atoms with Crippen molar-refractivity contribution in [1.29, 1.82) is 0 Å². The maximum atomic E-state index is 5.42. The topological polar surface area (TPSA) is 18.5 Å². The Morgan fingerprint density at radius 3 is 2.08 bits per heavy atom. The molecule has 1 aliphatic carbocycles. The smallest absolute Gasteiger partial charge is 0.104 e. The van der Waals surface area contributed by atoms with Gasteiger partial charge in [-0.2, -0.15) is 0 Å². The number of rotatable bonds is 2. The van der Waals surface area contributed by atoms with Crippen molar-refractivity contribution in [3.63, 3.8) is 0 Å². The Bertz CT molecular complexity index is 255. The normalized spacial score (nSPS) is 39.0. The summed E-state index contributed by atoms with van der Waals surface area (Å²) >= 11 is 0. The Kier molecular flexibility index (Phi) is 2.64. The molecule has 0 aliphatic heterocycles. The van der Waals surface area contributed by atoms with E-state index in [2.05, 4.69) is 13.0 Å². The Morgan fingerprint density at radius 2 is 1.69 bits per heavy atom. The monoisotopic (exact) mass is 182 g/mol. The standard InChI is InChI=1S/C11H18O2/c1-9-8-10(2,12-4)6-7-11(9,3)13-5/h6-8H,1-5H3/t10-,11-/m1/s1. The summed E-state index contributed by atoms with van der Waals surface area (Å²) in [5, 5.41) is 0. The molecule has 0 N–H and O–H groups in total. The molecule has 2 heteroatoms. The van der Waals surface area contributed by atoms with Crippen molar-refractivity contribution in [2.75, 3.05) is 14.2 Å². The van der Waals surface area contributed by atoms with Gasteiger partial charge < -0.3 is 9.47 Å². The van der Waals surface area contributed by atoms with Gasteiger partial charge in [0, 0.05) is 14.2 Å². The first kappa shape index (κ1) is 10.5. The molecule has 0 spiro atoms. The van der Waals surface area contributed by atoms with E-state index in [-0.39, 0.29) is 11.2 Å². The van der Waals surface area contributed by atoms with Crippen molar-refractivity contribution in [2.45, 2.75) is 32.0 Å². The molecule has 0 fully saturated rings. The van der Waals surface area contributed by atoms with Gasteiger partial charge in [-0.3, -0.25) is 0 Å². The van der Waals surface area contributed by atoms with Crippen LogP contribution in [0.1, 0.15) is 20.8 Å². The maximum absolute atomic E-state index is 5.42. The van der Waals surface area contributed by atoms with E-state index < -0.39 is 0 Å². The minimum absolute atomic E-state index is 0.266. The van der Waals surface area contributed by atoms with Crippen molar-refractivity contribution in [2.24, 2.45) is 0 Å². The molecule has 74 valence electrons. The van der Waals surface area contributed by atoms with Gasteiger partial charge in [0.2, 0.25) is 0 Å². The van der Waals surface area contributed by atoms with Crippen LogP contribution in [0.3, 0.4) is 0 Å². The van der Waals surface area contributed by atoms with Crippen LogP contribution < -0.4 is 0 Å². The van der Waals surface area contributed by atoms with Gasteiger partial charge in [-0.05, 0) is 38.5 Å². The van der Waals surface area contributed by atoms with Gasteiger partial charge in [-0.1, -0.05) is 6.08 Å². The number of hydrogen-bond acceptors (Lipinski definition) is 2. The van der Waals surface area contributed by atoms with Crippen LogP contribution in [0.5, 0.6) is 0 Å². The van der Waals surface area contributed by atoms with Crippen molar-refractivity contribution in [3.8, 4) is 0 Å². The van der Waals surface area contributed by atoms with E-state index in [9.17, 15) is 0 Å². The third kappa shape index (κ3) is 1.84. The highest BCUT2D eigenvalue weighted by molar-refractivity contribution is 5.34. The Hall–Kier alpha value is -0.600. The second-order valence-corrected chi connectivity index (χ2v) is 3.86. The van der Waals surface area contributed by atoms with Crippen molar-refractivity contribution in [3.05, 3.63) is 23.8 Å². The first-order valence-electron chi connectivity index (χ1n) is 4.46. The van der Waals surface area contributed by atoms with Crippen LogP contribution in [0, 0.1) is 0 Å². The molecule has 0 radical (unpaired) electrons. The lowest BCUT2D eigenvalue weighted by molar-refractivity contribution is 0.0537. The second kappa shape index (κ2) is 3.28. The van der Waals surface area contributed by atoms with Crippen LogP contribution in [0.2, 0.25) is 0 Å². The predicted molar refractivity (Wildman–Crippen MR) is 53.7 cm³/mol. The molecular weight excluding hydrogens is 164 g/mol. The predicted octanol–water partition coefficient (Wildman–Crippen LogP) is 2.31. The average Bonchev–Trinajstić information content (AvgIpc) is 2.13. The van der Waals surface area contributed by atoms with Gasteiger partial charge in [0.1, 0.15) is 11.2 Å². The SMILES string of the molecule is CO[C@]1(C)C=C[C@@](C)(OC)C(C)=C1. The molecule has 0 aromatic rings. The van der Waals surface area contributed by atoms with Gasteiger partial charge in [0.15, 0.2) is 0 Å². The van der Waals surface area contributed by atoms with Crippen LogP contribution >= 0.6 is 0 Å². The molecule has 0 aromatic carbocycles. The van der Waals surface area contributed by atoms with Gasteiger partial charge in [-0.15, -0.1) is 0 Å². The summed E-state index contributed by atoms with van der Waals surface area (Å²) < 4.78 is 10.8. The van der Waals surface area contributed by atoms with E-state index in [1.54, 1.807) is 14.2 Å². The summed E-state index contributed by atoms with van der Waals surface area (Å²) in [6, 6.07) is 0. The molecular formula is C11H18O2. The van der Waals surface area contributed by atoms with Crippen molar-refractivity contribution >= 4 is 0 Å². The molecule has 1 aliphatic rings. The molecule has 0 saturated heterocycles. The van der Waals surface area contributed by atoms with Gasteiger partial charge >= 0.3 is 0 Å². The zero-order valence-electron chi connectivity index (χ0n) is 9.05. The second-order valence-electron chi connectivity index (χ2n) is 3.86. The molecule has 2 atom stereocenters. The first-order valence-corrected chi connectivity index (χ1v) is 4.46. The highest BCUT2D eigenvalue weighted by Crippen LogP contribution is 2.31. The largest absolute Gasteiger partial charge is 0.370 e. The fourth-order valence-corrected chi connectivity index (χ4v) is 1.43. The van der Waals surface area contributed by atoms with Crippen LogP contribution in [0.4, 0.5) is 0 Å². The van der Waals surface area contributed by atoms with Crippen LogP contribution in [0.25, 0.3) is 0 Å². The van der Waals surface area contributed by atoms with Crippen LogP contribution in [-0.4, -0.2) is 25.4 Å². The average molecular weight is 182 g/mol. The summed E-state index contributed by atoms with van der Waals surface area (Å²) in [6.07, 6.45) is 6.17. The Morgan fingerprint density at radius 1 is 1.08 bits per heavy atom. The molecule has 1 rings (SSSR count). The van der Waals surface area contributed by atoms with Gasteiger partial charge in [-0.25, -0.2) is 0 Å². The summed E-state index contributed by atoms with van der Waals surface area (Å²) in [7, 11) is 3.43. The third-order valence-corrected chi connectivity index (χ3v) is 2.88. The lowest BCUT2D eigenvalue weighted by Gasteiger charge is -2.34. The third-order valence-electron chi connectivity index (χ3n) is 2.88. The van der Waals surface area contributed by atoms with E-state index in [0.717, 1.165) is 0 Å². The quantitative estimate of drug-likeness (QED) is 0.610. The number of ether oxygens (including phenoxy) is 2. The maximum Gasteiger partial charge on any atom is 0.104 e. The van der Waals surface area contributed by atoms with E-state index in [1.807, 2.05) is 26.0 Å². The zero-order chi connectivity index (χ0) is 10.1. The number of methoxy groups -OCH3 is 2. The minimum Gasteiger partial charge on any atom is -0.370 e. The molecule has 0 saturated carbocycles. The summed E-state index contributed by atoms with van der Waals surface area (Å²) in [6.45, 7) is 6.14. The van der Waals surface area contributed by atoms with Crippen molar-refractivity contribution in [1.82, 2.24) is 0 Å². The molecule has 0 aromatic heterocycles. The minimum atomic E-state index is -0.276. The lowest BCUT2D eigenvalue weighted by Crippen LogP contribution is -2.35. The van der Waals surface area contributed by atoms with E-state index in [4.69, 9.17) is 9.47 Å². The van der Waals surface area contributed by atoms with E-state index >= 15 is 0 Å². The lowest BCUT2D eigenvalue weighted by atomic mass is 9.85. The summed E-state index contributed by atoms with van der Waals surface area (Å²) in [5.74, 6) is 0. The fraction of sp³-hybridized carbons (Fsp3) is 0.636. The molecule has 0 unspecified atom stereocenters. The molecule has 13 heavy (non-hydrogen) atoms. The van der Waals surface area contributed by atoms with Crippen LogP contribution in [0.15, 0.2) is 23.8 Å². The highest BCUT2D eigenvalue weighted by Gasteiger charge is 2.31. The molecule has 0 bridgehead atoms. The van der Waals surface area contributed by atoms with Crippen molar-refractivity contribution < 1.29 is 9.47 Å². The number of hydrogen-bond donors (Lipinski definition) is 0. The zero-order valence-corrected chi connectivity index (χ0v) is 9.05.